The summed E-state index contributed by atoms with van der Waals surface area (Å²) in [7, 11) is -2.91. The lowest BCUT2D eigenvalue weighted by Crippen LogP contribution is -2.68. The number of nitrogens with zero attached hydrogens (tertiary/aromatic N) is 2. The maximum atomic E-state index is 12.4. The third-order valence-electron chi connectivity index (χ3n) is 12.5. The molecule has 0 bridgehead atoms. The summed E-state index contributed by atoms with van der Waals surface area (Å²) in [6.45, 7) is 11.5. The molecule has 1 saturated carbocycles. The maximum absolute atomic E-state index is 12.4. The minimum absolute atomic E-state index is 0.0648. The standard InChI is InChI=1S/C45H51ClN2O7Si/c1-5-40(55-56(43(2,3)4,35-14-8-6-9-15-35)36-16-10-7-11-17-36)37-21-18-32(37)27-47-28-44(24-12-13-31-25-34(46)20-22-38(31)44)30-54-41-23-19-33(26-39(41)47)45(51,42(49)50)29-48(52)53/h5-11,14-17,19-20,22-23,25-26,32,37,40,51H,1,12-13,18,21,24,27-30H2,2-4H3,(H,49,50)/t32-,37+,40-,44-,45?/m0/s1. The topological polar surface area (TPSA) is 122 Å². The number of carboxylic acid groups (broad SMARTS) is 1. The van der Waals surface area contributed by atoms with Crippen molar-refractivity contribution >= 4 is 41.9 Å². The van der Waals surface area contributed by atoms with E-state index in [0.717, 1.165) is 32.1 Å². The van der Waals surface area contributed by atoms with E-state index in [1.807, 2.05) is 30.3 Å². The Morgan fingerprint density at radius 2 is 1.75 bits per heavy atom. The van der Waals surface area contributed by atoms with Gasteiger partial charge in [0.15, 0.2) is 0 Å². The second-order valence-electron chi connectivity index (χ2n) is 16.9. The van der Waals surface area contributed by atoms with Gasteiger partial charge >= 0.3 is 5.97 Å². The molecule has 1 spiro atoms. The minimum atomic E-state index is -2.91. The fourth-order valence-corrected chi connectivity index (χ4v) is 14.5. The molecule has 0 radical (unpaired) electrons. The number of carboxylic acids is 1. The van der Waals surface area contributed by atoms with E-state index < -0.39 is 36.8 Å². The van der Waals surface area contributed by atoms with E-state index in [4.69, 9.17) is 20.8 Å². The average Bonchev–Trinajstić information content (AvgIpc) is 3.31. The zero-order valence-corrected chi connectivity index (χ0v) is 34.1. The van der Waals surface area contributed by atoms with E-state index >= 15 is 0 Å². The third-order valence-corrected chi connectivity index (χ3v) is 17.8. The summed E-state index contributed by atoms with van der Waals surface area (Å²) < 4.78 is 14.3. The fourth-order valence-electron chi connectivity index (χ4n) is 9.58. The van der Waals surface area contributed by atoms with Crippen LogP contribution in [0.3, 0.4) is 0 Å². The van der Waals surface area contributed by atoms with Gasteiger partial charge in [0, 0.05) is 34.0 Å². The number of benzene rings is 4. The number of aliphatic hydroxyl groups is 1. The number of carbonyl (C=O) groups is 1. The molecule has 11 heteroatoms. The van der Waals surface area contributed by atoms with Crippen molar-refractivity contribution in [3.05, 3.63) is 142 Å². The number of anilines is 1. The number of nitro groups is 1. The normalized spacial score (nSPS) is 22.3. The first kappa shape index (κ1) is 39.7. The molecule has 5 atom stereocenters. The second-order valence-corrected chi connectivity index (χ2v) is 21.6. The maximum Gasteiger partial charge on any atom is 0.347 e. The molecule has 0 amide bonds. The zero-order valence-electron chi connectivity index (χ0n) is 32.3. The van der Waals surface area contributed by atoms with E-state index in [0.29, 0.717) is 36.2 Å². The van der Waals surface area contributed by atoms with Crippen LogP contribution < -0.4 is 20.0 Å². The molecular formula is C45H51ClN2O7Si. The van der Waals surface area contributed by atoms with Gasteiger partial charge in [-0.2, -0.15) is 0 Å². The lowest BCUT2D eigenvalue weighted by Gasteiger charge is -2.50. The highest BCUT2D eigenvalue weighted by molar-refractivity contribution is 6.99. The van der Waals surface area contributed by atoms with Crippen LogP contribution in [-0.4, -0.2) is 61.8 Å². The lowest BCUT2D eigenvalue weighted by atomic mass is 9.68. The molecule has 2 N–H and O–H groups in total. The first-order valence-electron chi connectivity index (χ1n) is 19.5. The summed E-state index contributed by atoms with van der Waals surface area (Å²) in [5, 5.41) is 35.9. The SMILES string of the molecule is C=C[C@H](O[Si](c1ccccc1)(c1ccccc1)C(C)(C)C)[C@@H]1CC[C@H]1CN1C[C@@]2(CCCc3cc(Cl)ccc32)COc2ccc(C(O)(C[N+](=O)[O-])C(=O)O)cc21. The fraction of sp³-hybridized carbons (Fsp3) is 0.400. The van der Waals surface area contributed by atoms with Crippen LogP contribution in [0, 0.1) is 22.0 Å². The lowest BCUT2D eigenvalue weighted by molar-refractivity contribution is -0.499. The van der Waals surface area contributed by atoms with Crippen molar-refractivity contribution in [1.29, 1.82) is 0 Å². The zero-order chi connectivity index (χ0) is 39.9. The van der Waals surface area contributed by atoms with E-state index in [1.54, 1.807) is 12.1 Å². The summed E-state index contributed by atoms with van der Waals surface area (Å²) in [4.78, 5) is 25.5. The van der Waals surface area contributed by atoms with E-state index in [-0.39, 0.29) is 28.5 Å². The van der Waals surface area contributed by atoms with Gasteiger partial charge in [-0.05, 0) is 94.7 Å². The van der Waals surface area contributed by atoms with Crippen LogP contribution in [0.1, 0.15) is 63.1 Å². The number of hydrogen-bond donors (Lipinski definition) is 2. The molecule has 0 saturated heterocycles. The number of hydrogen-bond acceptors (Lipinski definition) is 7. The van der Waals surface area contributed by atoms with Crippen LogP contribution in [0.25, 0.3) is 0 Å². The van der Waals surface area contributed by atoms with Crippen molar-refractivity contribution in [1.82, 2.24) is 0 Å². The van der Waals surface area contributed by atoms with Crippen molar-refractivity contribution < 1.29 is 29.1 Å². The molecule has 2 aliphatic carbocycles. The molecule has 1 heterocycles. The van der Waals surface area contributed by atoms with Crippen LogP contribution in [0.2, 0.25) is 10.1 Å². The van der Waals surface area contributed by atoms with Gasteiger partial charge in [0.1, 0.15) is 5.75 Å². The molecule has 294 valence electrons. The monoisotopic (exact) mass is 794 g/mol. The molecule has 56 heavy (non-hydrogen) atoms. The summed E-state index contributed by atoms with van der Waals surface area (Å²) in [6.07, 6.45) is 6.35. The number of aliphatic carboxylic acids is 1. The van der Waals surface area contributed by atoms with Gasteiger partial charge in [-0.1, -0.05) is 111 Å². The number of rotatable bonds is 12. The quantitative estimate of drug-likeness (QED) is 0.0654. The molecule has 4 aromatic rings. The highest BCUT2D eigenvalue weighted by Gasteiger charge is 2.53. The molecule has 1 unspecified atom stereocenters. The van der Waals surface area contributed by atoms with Crippen molar-refractivity contribution in [2.45, 2.75) is 75.0 Å². The van der Waals surface area contributed by atoms with Gasteiger partial charge in [0.25, 0.3) is 13.9 Å². The Kier molecular flexibility index (Phi) is 11.0. The van der Waals surface area contributed by atoms with E-state index in [1.165, 1.54) is 27.6 Å². The minimum Gasteiger partial charge on any atom is -0.490 e. The van der Waals surface area contributed by atoms with Crippen molar-refractivity contribution in [3.63, 3.8) is 0 Å². The smallest absolute Gasteiger partial charge is 0.347 e. The van der Waals surface area contributed by atoms with Crippen LogP contribution in [-0.2, 0) is 26.7 Å². The number of fused-ring (bicyclic) bond motifs is 3. The molecular weight excluding hydrogens is 744 g/mol. The largest absolute Gasteiger partial charge is 0.490 e. The summed E-state index contributed by atoms with van der Waals surface area (Å²) in [5.41, 5.74) is -0.201. The number of aryl methyl sites for hydroxylation is 1. The molecule has 4 aromatic carbocycles. The Balaban J connectivity index is 1.28. The summed E-state index contributed by atoms with van der Waals surface area (Å²) >= 11 is 6.49. The average molecular weight is 795 g/mol. The first-order valence-corrected chi connectivity index (χ1v) is 21.8. The molecule has 9 nitrogen and oxygen atoms in total. The Bertz CT molecular complexity index is 2050. The third kappa shape index (κ3) is 7.17. The Morgan fingerprint density at radius 1 is 1.07 bits per heavy atom. The molecule has 1 aliphatic heterocycles. The molecule has 3 aliphatic rings. The predicted molar refractivity (Wildman–Crippen MR) is 223 cm³/mol. The summed E-state index contributed by atoms with van der Waals surface area (Å²) in [5.74, 6) is -0.824. The van der Waals surface area contributed by atoms with Gasteiger partial charge in [-0.25, -0.2) is 4.79 Å². The Labute approximate surface area is 335 Å². The van der Waals surface area contributed by atoms with Gasteiger partial charge < -0.3 is 24.3 Å². The van der Waals surface area contributed by atoms with Gasteiger partial charge in [0.2, 0.25) is 6.54 Å². The van der Waals surface area contributed by atoms with Crippen molar-refractivity contribution in [2.75, 3.05) is 31.1 Å². The molecule has 1 fully saturated rings. The van der Waals surface area contributed by atoms with Gasteiger partial charge in [-0.3, -0.25) is 10.1 Å². The van der Waals surface area contributed by atoms with E-state index in [2.05, 4.69) is 86.8 Å². The number of halogens is 1. The Morgan fingerprint density at radius 3 is 2.32 bits per heavy atom. The molecule has 7 rings (SSSR count). The summed E-state index contributed by atoms with van der Waals surface area (Å²) in [6, 6.07) is 31.9. The van der Waals surface area contributed by atoms with Gasteiger partial charge in [-0.15, -0.1) is 6.58 Å². The van der Waals surface area contributed by atoms with Crippen LogP contribution in [0.15, 0.2) is 110 Å². The van der Waals surface area contributed by atoms with Crippen LogP contribution in [0.4, 0.5) is 5.69 Å². The molecule has 0 aromatic heterocycles. The first-order chi connectivity index (χ1) is 26.7. The van der Waals surface area contributed by atoms with Gasteiger partial charge in [0.05, 0.1) is 18.4 Å². The van der Waals surface area contributed by atoms with Crippen LogP contribution >= 0.6 is 11.6 Å². The van der Waals surface area contributed by atoms with Crippen LogP contribution in [0.5, 0.6) is 5.75 Å². The highest BCUT2D eigenvalue weighted by Crippen LogP contribution is 2.48. The van der Waals surface area contributed by atoms with Crippen molar-refractivity contribution in [2.24, 2.45) is 11.8 Å². The van der Waals surface area contributed by atoms with Crippen molar-refractivity contribution in [3.8, 4) is 5.75 Å². The highest BCUT2D eigenvalue weighted by atomic mass is 35.5. The second kappa shape index (κ2) is 15.5. The number of ether oxygens (including phenoxy) is 1. The predicted octanol–water partition coefficient (Wildman–Crippen LogP) is 7.52. The Hall–Kier alpha value is -4.48. The van der Waals surface area contributed by atoms with E-state index in [9.17, 15) is 25.1 Å².